The average Bonchev–Trinajstić information content (AvgIpc) is 2.76. The van der Waals surface area contributed by atoms with Crippen LogP contribution in [0.25, 0.3) is 0 Å². The number of esters is 2. The Balaban J connectivity index is 1.81. The maximum Gasteiger partial charge on any atom is 0.343 e. The molecule has 7 heteroatoms. The minimum Gasteiger partial charge on any atom is -0.498 e. The van der Waals surface area contributed by atoms with Gasteiger partial charge in [0.15, 0.2) is 0 Å². The van der Waals surface area contributed by atoms with E-state index in [2.05, 4.69) is 13.2 Å². The van der Waals surface area contributed by atoms with Crippen LogP contribution in [0, 0.1) is 0 Å². The van der Waals surface area contributed by atoms with Gasteiger partial charge in [0.2, 0.25) is 0 Å². The molecule has 2 rings (SSSR count). The van der Waals surface area contributed by atoms with Crippen molar-refractivity contribution in [2.45, 2.75) is 13.0 Å². The van der Waals surface area contributed by atoms with Gasteiger partial charge in [-0.3, -0.25) is 0 Å². The van der Waals surface area contributed by atoms with E-state index in [4.69, 9.17) is 23.7 Å². The maximum atomic E-state index is 12.3. The Labute approximate surface area is 175 Å². The minimum atomic E-state index is -0.505. The predicted molar refractivity (Wildman–Crippen MR) is 111 cm³/mol. The van der Waals surface area contributed by atoms with Gasteiger partial charge >= 0.3 is 11.9 Å². The number of benzene rings is 2. The van der Waals surface area contributed by atoms with E-state index in [0.29, 0.717) is 36.0 Å². The van der Waals surface area contributed by atoms with Gasteiger partial charge in [0, 0.05) is 6.08 Å². The quantitative estimate of drug-likeness (QED) is 0.172. The molecule has 0 aliphatic heterocycles. The summed E-state index contributed by atoms with van der Waals surface area (Å²) in [6, 6.07) is 13.2. The normalized spacial score (nSPS) is 11.0. The summed E-state index contributed by atoms with van der Waals surface area (Å²) in [6.07, 6.45) is 2.02. The second-order valence-corrected chi connectivity index (χ2v) is 6.03. The van der Waals surface area contributed by atoms with Gasteiger partial charge in [0.25, 0.3) is 0 Å². The molecule has 2 aromatic carbocycles. The van der Waals surface area contributed by atoms with Crippen molar-refractivity contribution in [3.05, 3.63) is 79.6 Å². The Morgan fingerprint density at radius 3 is 2.13 bits per heavy atom. The molecule has 158 valence electrons. The van der Waals surface area contributed by atoms with Crippen LogP contribution in [0.3, 0.4) is 0 Å². The molecule has 30 heavy (non-hydrogen) atoms. The molecule has 0 radical (unpaired) electrons. The van der Waals surface area contributed by atoms with E-state index in [-0.39, 0.29) is 6.61 Å². The van der Waals surface area contributed by atoms with Crippen LogP contribution in [0.2, 0.25) is 0 Å². The molecule has 0 unspecified atom stereocenters. The van der Waals surface area contributed by atoms with Crippen molar-refractivity contribution in [1.29, 1.82) is 0 Å². The maximum absolute atomic E-state index is 12.3. The standard InChI is InChI=1S/C23H24O7/c1-4-22(24)29-17(3)16-28-20-10-12-21(13-11-20)30-23(25)18-6-8-19(9-7-18)27-15-14-26-5-2/h4-13,17H,1-2,14-16H2,3H3/t17-/m0/s1. The Hall–Kier alpha value is -3.74. The molecule has 0 aliphatic rings. The first-order valence-corrected chi connectivity index (χ1v) is 9.25. The number of carbonyl (C=O) groups is 2. The van der Waals surface area contributed by atoms with Crippen LogP contribution in [-0.4, -0.2) is 37.9 Å². The van der Waals surface area contributed by atoms with E-state index in [1.54, 1.807) is 55.5 Å². The second kappa shape index (κ2) is 12.0. The third kappa shape index (κ3) is 7.71. The molecule has 7 nitrogen and oxygen atoms in total. The van der Waals surface area contributed by atoms with Gasteiger partial charge in [-0.25, -0.2) is 9.59 Å². The zero-order chi connectivity index (χ0) is 21.8. The van der Waals surface area contributed by atoms with E-state index >= 15 is 0 Å². The monoisotopic (exact) mass is 412 g/mol. The Kier molecular flexibility index (Phi) is 8.99. The van der Waals surface area contributed by atoms with Gasteiger partial charge in [-0.05, 0) is 55.5 Å². The molecule has 0 heterocycles. The molecule has 0 aliphatic carbocycles. The van der Waals surface area contributed by atoms with Crippen LogP contribution in [0.15, 0.2) is 74.0 Å². The zero-order valence-corrected chi connectivity index (χ0v) is 16.7. The molecule has 0 amide bonds. The summed E-state index contributed by atoms with van der Waals surface area (Å²) in [4.78, 5) is 23.4. The van der Waals surface area contributed by atoms with E-state index in [9.17, 15) is 9.59 Å². The molecule has 0 N–H and O–H groups in total. The highest BCUT2D eigenvalue weighted by Gasteiger charge is 2.10. The third-order valence-electron chi connectivity index (χ3n) is 3.68. The van der Waals surface area contributed by atoms with Crippen molar-refractivity contribution < 1.29 is 33.3 Å². The molecule has 0 aromatic heterocycles. The molecule has 0 saturated heterocycles. The van der Waals surface area contributed by atoms with Crippen LogP contribution < -0.4 is 14.2 Å². The largest absolute Gasteiger partial charge is 0.498 e. The summed E-state index contributed by atoms with van der Waals surface area (Å²) < 4.78 is 26.4. The van der Waals surface area contributed by atoms with Gasteiger partial charge in [-0.1, -0.05) is 13.2 Å². The molecule has 1 atom stereocenters. The van der Waals surface area contributed by atoms with E-state index < -0.39 is 18.0 Å². The summed E-state index contributed by atoms with van der Waals surface area (Å²) in [5.41, 5.74) is 0.392. The number of ether oxygens (including phenoxy) is 5. The fraction of sp³-hybridized carbons (Fsp3) is 0.217. The summed E-state index contributed by atoms with van der Waals surface area (Å²) in [5, 5.41) is 0. The lowest BCUT2D eigenvalue weighted by atomic mass is 10.2. The van der Waals surface area contributed by atoms with Crippen LogP contribution >= 0.6 is 0 Å². The van der Waals surface area contributed by atoms with E-state index in [1.165, 1.54) is 6.26 Å². The molecule has 0 bridgehead atoms. The van der Waals surface area contributed by atoms with Crippen molar-refractivity contribution in [1.82, 2.24) is 0 Å². The Morgan fingerprint density at radius 2 is 1.50 bits per heavy atom. The van der Waals surface area contributed by atoms with E-state index in [1.807, 2.05) is 0 Å². The molecule has 0 saturated carbocycles. The van der Waals surface area contributed by atoms with Crippen molar-refractivity contribution in [3.63, 3.8) is 0 Å². The topological polar surface area (TPSA) is 80.3 Å². The Morgan fingerprint density at radius 1 is 0.900 bits per heavy atom. The number of carbonyl (C=O) groups excluding carboxylic acids is 2. The fourth-order valence-corrected chi connectivity index (χ4v) is 2.24. The van der Waals surface area contributed by atoms with Gasteiger partial charge in [-0.2, -0.15) is 0 Å². The van der Waals surface area contributed by atoms with Gasteiger partial charge in [0.05, 0.1) is 11.8 Å². The summed E-state index contributed by atoms with van der Waals surface area (Å²) in [6.45, 7) is 9.46. The van der Waals surface area contributed by atoms with Gasteiger partial charge in [-0.15, -0.1) is 0 Å². The highest BCUT2D eigenvalue weighted by molar-refractivity contribution is 5.91. The van der Waals surface area contributed by atoms with Gasteiger partial charge in [0.1, 0.15) is 43.2 Å². The van der Waals surface area contributed by atoms with Crippen molar-refractivity contribution in [2.24, 2.45) is 0 Å². The fourth-order valence-electron chi connectivity index (χ4n) is 2.24. The molecule has 2 aromatic rings. The SMILES string of the molecule is C=COCCOc1ccc(C(=O)Oc2ccc(OC[C@H](C)OC(=O)C=C)cc2)cc1. The van der Waals surface area contributed by atoms with Crippen molar-refractivity contribution in [2.75, 3.05) is 19.8 Å². The highest BCUT2D eigenvalue weighted by Crippen LogP contribution is 2.20. The van der Waals surface area contributed by atoms with Crippen molar-refractivity contribution >= 4 is 11.9 Å². The van der Waals surface area contributed by atoms with Crippen molar-refractivity contribution in [3.8, 4) is 17.2 Å². The third-order valence-corrected chi connectivity index (χ3v) is 3.68. The summed E-state index contributed by atoms with van der Waals surface area (Å²) in [7, 11) is 0. The van der Waals surface area contributed by atoms with Crippen LogP contribution in [0.4, 0.5) is 0 Å². The number of hydrogen-bond donors (Lipinski definition) is 0. The smallest absolute Gasteiger partial charge is 0.343 e. The molecular weight excluding hydrogens is 388 g/mol. The van der Waals surface area contributed by atoms with Gasteiger partial charge < -0.3 is 23.7 Å². The summed E-state index contributed by atoms with van der Waals surface area (Å²) >= 11 is 0. The first kappa shape index (κ1) is 22.5. The second-order valence-electron chi connectivity index (χ2n) is 6.03. The number of rotatable bonds is 12. The highest BCUT2D eigenvalue weighted by atomic mass is 16.6. The summed E-state index contributed by atoms with van der Waals surface area (Å²) in [5.74, 6) is 0.553. The number of hydrogen-bond acceptors (Lipinski definition) is 7. The van der Waals surface area contributed by atoms with Crippen LogP contribution in [0.5, 0.6) is 17.2 Å². The predicted octanol–water partition coefficient (Wildman–Crippen LogP) is 3.94. The molecular formula is C23H24O7. The minimum absolute atomic E-state index is 0.187. The zero-order valence-electron chi connectivity index (χ0n) is 16.7. The first-order chi connectivity index (χ1) is 14.5. The molecule has 0 fully saturated rings. The lowest BCUT2D eigenvalue weighted by Crippen LogP contribution is -2.20. The van der Waals surface area contributed by atoms with E-state index in [0.717, 1.165) is 6.08 Å². The first-order valence-electron chi connectivity index (χ1n) is 9.25. The van der Waals surface area contributed by atoms with Crippen LogP contribution in [0.1, 0.15) is 17.3 Å². The van der Waals surface area contributed by atoms with Crippen LogP contribution in [-0.2, 0) is 14.3 Å². The lowest BCUT2D eigenvalue weighted by molar-refractivity contribution is -0.143. The molecule has 0 spiro atoms. The Bertz CT molecular complexity index is 841. The average molecular weight is 412 g/mol. The lowest BCUT2D eigenvalue weighted by Gasteiger charge is -2.13.